The summed E-state index contributed by atoms with van der Waals surface area (Å²) in [5, 5.41) is 15.0. The molecule has 1 aromatic carbocycles. The second kappa shape index (κ2) is 7.26. The van der Waals surface area contributed by atoms with E-state index >= 15 is 0 Å². The van der Waals surface area contributed by atoms with E-state index < -0.39 is 11.7 Å². The van der Waals surface area contributed by atoms with Crippen LogP contribution >= 0.6 is 0 Å². The summed E-state index contributed by atoms with van der Waals surface area (Å²) in [6.45, 7) is 8.44. The molecule has 0 aliphatic carbocycles. The molecule has 20 heavy (non-hydrogen) atoms. The van der Waals surface area contributed by atoms with Gasteiger partial charge in [-0.2, -0.15) is 0 Å². The molecule has 0 heterocycles. The number of amides is 1. The largest absolute Gasteiger partial charge is 0.444 e. The van der Waals surface area contributed by atoms with Gasteiger partial charge in [-0.3, -0.25) is 5.32 Å². The molecule has 1 rings (SSSR count). The third kappa shape index (κ3) is 7.11. The number of rotatable bonds is 5. The molecule has 0 aliphatic rings. The van der Waals surface area contributed by atoms with Gasteiger partial charge in [-0.15, -0.1) is 0 Å². The Morgan fingerprint density at radius 1 is 1.30 bits per heavy atom. The number of carbonyl (C=O) groups is 1. The van der Waals surface area contributed by atoms with Gasteiger partial charge in [0.25, 0.3) is 0 Å². The van der Waals surface area contributed by atoms with Crippen LogP contribution in [0.15, 0.2) is 24.3 Å². The molecule has 0 saturated heterocycles. The molecule has 1 amide bonds. The van der Waals surface area contributed by atoms with E-state index in [1.807, 2.05) is 45.0 Å². The van der Waals surface area contributed by atoms with Gasteiger partial charge in [0.15, 0.2) is 0 Å². The van der Waals surface area contributed by atoms with Gasteiger partial charge in [-0.1, -0.05) is 12.1 Å². The highest BCUT2D eigenvalue weighted by Gasteiger charge is 2.15. The van der Waals surface area contributed by atoms with Gasteiger partial charge in [-0.05, 0) is 45.4 Å². The van der Waals surface area contributed by atoms with Crippen molar-refractivity contribution in [3.63, 3.8) is 0 Å². The Morgan fingerprint density at radius 2 is 1.90 bits per heavy atom. The summed E-state index contributed by atoms with van der Waals surface area (Å²) in [4.78, 5) is 11.6. The van der Waals surface area contributed by atoms with Crippen molar-refractivity contribution in [2.24, 2.45) is 0 Å². The maximum absolute atomic E-state index is 11.6. The minimum atomic E-state index is -0.505. The third-order valence-electron chi connectivity index (χ3n) is 2.37. The molecular formula is C15H24N2O3. The summed E-state index contributed by atoms with van der Waals surface area (Å²) < 4.78 is 5.17. The van der Waals surface area contributed by atoms with Crippen LogP contribution in [0.2, 0.25) is 0 Å². The van der Waals surface area contributed by atoms with Crippen LogP contribution in [0.5, 0.6) is 0 Å². The van der Waals surface area contributed by atoms with Crippen LogP contribution in [0, 0.1) is 0 Å². The number of aliphatic hydroxyl groups excluding tert-OH is 1. The van der Waals surface area contributed by atoms with Crippen LogP contribution in [0.4, 0.5) is 10.5 Å². The smallest absolute Gasteiger partial charge is 0.412 e. The van der Waals surface area contributed by atoms with E-state index in [0.29, 0.717) is 18.8 Å². The van der Waals surface area contributed by atoms with Crippen molar-refractivity contribution < 1.29 is 14.6 Å². The van der Waals surface area contributed by atoms with E-state index in [1.165, 1.54) is 0 Å². The number of carbonyl (C=O) groups excluding carboxylic acids is 1. The average Bonchev–Trinajstić information content (AvgIpc) is 2.28. The Labute approximate surface area is 120 Å². The van der Waals surface area contributed by atoms with E-state index in [0.717, 1.165) is 5.56 Å². The lowest BCUT2D eigenvalue weighted by atomic mass is 10.2. The van der Waals surface area contributed by atoms with Gasteiger partial charge in [0.05, 0.1) is 6.10 Å². The second-order valence-corrected chi connectivity index (χ2v) is 5.80. The number of anilines is 1. The monoisotopic (exact) mass is 280 g/mol. The van der Waals surface area contributed by atoms with E-state index in [4.69, 9.17) is 9.84 Å². The maximum Gasteiger partial charge on any atom is 0.412 e. The number of hydrogen-bond acceptors (Lipinski definition) is 4. The fraction of sp³-hybridized carbons (Fsp3) is 0.533. The first kappa shape index (κ1) is 16.5. The van der Waals surface area contributed by atoms with Crippen LogP contribution in [0.1, 0.15) is 33.3 Å². The highest BCUT2D eigenvalue weighted by Crippen LogP contribution is 2.12. The number of hydrogen-bond donors (Lipinski definition) is 3. The van der Waals surface area contributed by atoms with Crippen molar-refractivity contribution in [1.29, 1.82) is 0 Å². The lowest BCUT2D eigenvalue weighted by Gasteiger charge is -2.19. The number of nitrogens with one attached hydrogen (secondary N) is 2. The predicted octanol–water partition coefficient (Wildman–Crippen LogP) is 2.50. The molecule has 0 spiro atoms. The summed E-state index contributed by atoms with van der Waals surface area (Å²) in [6.07, 6.45) is -0.819. The highest BCUT2D eigenvalue weighted by atomic mass is 16.6. The summed E-state index contributed by atoms with van der Waals surface area (Å²) in [5.74, 6) is 0. The fourth-order valence-electron chi connectivity index (χ4n) is 1.55. The second-order valence-electron chi connectivity index (χ2n) is 5.80. The van der Waals surface area contributed by atoms with Crippen LogP contribution in [0.25, 0.3) is 0 Å². The Kier molecular flexibility index (Phi) is 5.98. The highest BCUT2D eigenvalue weighted by molar-refractivity contribution is 5.84. The zero-order valence-electron chi connectivity index (χ0n) is 12.6. The molecule has 0 aliphatic heterocycles. The van der Waals surface area contributed by atoms with E-state index in [9.17, 15) is 4.79 Å². The molecule has 0 radical (unpaired) electrons. The number of aliphatic hydroxyl groups is 1. The van der Waals surface area contributed by atoms with Gasteiger partial charge in [-0.25, -0.2) is 4.79 Å². The molecule has 0 unspecified atom stereocenters. The zero-order chi connectivity index (χ0) is 15.2. The minimum Gasteiger partial charge on any atom is -0.444 e. The maximum atomic E-state index is 11.6. The normalized spacial score (nSPS) is 12.8. The standard InChI is InChI=1S/C15H24N2O3/c1-11(18)9-16-10-12-5-7-13(8-6-12)17-14(19)20-15(2,3)4/h5-8,11,16,18H,9-10H2,1-4H3,(H,17,19)/t11-/m1/s1. The van der Waals surface area contributed by atoms with Crippen molar-refractivity contribution in [1.82, 2.24) is 5.32 Å². The quantitative estimate of drug-likeness (QED) is 0.775. The summed E-state index contributed by atoms with van der Waals surface area (Å²) in [7, 11) is 0. The van der Waals surface area contributed by atoms with E-state index in [-0.39, 0.29) is 6.10 Å². The molecule has 0 fully saturated rings. The molecule has 5 nitrogen and oxygen atoms in total. The Bertz CT molecular complexity index is 422. The average molecular weight is 280 g/mol. The number of ether oxygens (including phenoxy) is 1. The summed E-state index contributed by atoms with van der Waals surface area (Å²) >= 11 is 0. The molecular weight excluding hydrogens is 256 g/mol. The van der Waals surface area contributed by atoms with E-state index in [2.05, 4.69) is 10.6 Å². The van der Waals surface area contributed by atoms with Gasteiger partial charge in [0.1, 0.15) is 5.60 Å². The fourth-order valence-corrected chi connectivity index (χ4v) is 1.55. The molecule has 1 atom stereocenters. The van der Waals surface area contributed by atoms with Crippen LogP contribution < -0.4 is 10.6 Å². The Hall–Kier alpha value is -1.59. The lowest BCUT2D eigenvalue weighted by Crippen LogP contribution is -2.27. The Morgan fingerprint density at radius 3 is 2.40 bits per heavy atom. The molecule has 5 heteroatoms. The zero-order valence-corrected chi connectivity index (χ0v) is 12.6. The molecule has 0 bridgehead atoms. The Balaban J connectivity index is 2.44. The van der Waals surface area contributed by atoms with Crippen LogP contribution in [-0.2, 0) is 11.3 Å². The molecule has 1 aromatic rings. The first-order chi connectivity index (χ1) is 9.26. The predicted molar refractivity (Wildman–Crippen MR) is 79.7 cm³/mol. The molecule has 112 valence electrons. The van der Waals surface area contributed by atoms with Crippen molar-refractivity contribution in [3.8, 4) is 0 Å². The van der Waals surface area contributed by atoms with Crippen molar-refractivity contribution in [2.45, 2.75) is 45.9 Å². The summed E-state index contributed by atoms with van der Waals surface area (Å²) in [6, 6.07) is 7.48. The molecule has 0 saturated carbocycles. The van der Waals surface area contributed by atoms with Crippen molar-refractivity contribution in [3.05, 3.63) is 29.8 Å². The van der Waals surface area contributed by atoms with Crippen molar-refractivity contribution in [2.75, 3.05) is 11.9 Å². The molecule has 3 N–H and O–H groups in total. The van der Waals surface area contributed by atoms with Crippen LogP contribution in [0.3, 0.4) is 0 Å². The van der Waals surface area contributed by atoms with Crippen LogP contribution in [-0.4, -0.2) is 29.4 Å². The SMILES string of the molecule is C[C@@H](O)CNCc1ccc(NC(=O)OC(C)(C)C)cc1. The first-order valence-corrected chi connectivity index (χ1v) is 6.74. The first-order valence-electron chi connectivity index (χ1n) is 6.74. The lowest BCUT2D eigenvalue weighted by molar-refractivity contribution is 0.0636. The minimum absolute atomic E-state index is 0.358. The molecule has 0 aromatic heterocycles. The van der Waals surface area contributed by atoms with Crippen molar-refractivity contribution >= 4 is 11.8 Å². The number of benzene rings is 1. The van der Waals surface area contributed by atoms with Gasteiger partial charge in [0.2, 0.25) is 0 Å². The topological polar surface area (TPSA) is 70.6 Å². The van der Waals surface area contributed by atoms with Gasteiger partial charge >= 0.3 is 6.09 Å². The van der Waals surface area contributed by atoms with Gasteiger partial charge in [0, 0.05) is 18.8 Å². The van der Waals surface area contributed by atoms with E-state index in [1.54, 1.807) is 6.92 Å². The third-order valence-corrected chi connectivity index (χ3v) is 2.37. The van der Waals surface area contributed by atoms with Gasteiger partial charge < -0.3 is 15.2 Å². The summed E-state index contributed by atoms with van der Waals surface area (Å²) in [5.41, 5.74) is 1.27.